The van der Waals surface area contributed by atoms with E-state index < -0.39 is 0 Å². The molecule has 0 heterocycles. The number of aliphatic hydroxyl groups is 1. The van der Waals surface area contributed by atoms with Crippen LogP contribution in [0.15, 0.2) is 0 Å². The zero-order valence-electron chi connectivity index (χ0n) is 7.75. The maximum Gasteiger partial charge on any atom is 0.0645 e. The first kappa shape index (κ1) is 9.96. The van der Waals surface area contributed by atoms with E-state index in [0.717, 1.165) is 0 Å². The van der Waals surface area contributed by atoms with Crippen LogP contribution in [-0.4, -0.2) is 37.5 Å². The van der Waals surface area contributed by atoms with Gasteiger partial charge in [0, 0.05) is 0 Å². The van der Waals surface area contributed by atoms with Crippen molar-refractivity contribution >= 4 is 0 Å². The van der Waals surface area contributed by atoms with Gasteiger partial charge in [-0.05, 0) is 19.9 Å². The molecule has 0 bridgehead atoms. The molecule has 1 saturated carbocycles. The highest BCUT2D eigenvalue weighted by Crippen LogP contribution is 2.20. The lowest BCUT2D eigenvalue weighted by Crippen LogP contribution is -2.35. The fourth-order valence-corrected chi connectivity index (χ4v) is 1.53. The molecule has 0 aromatic rings. The number of hydrogen-bond donors (Lipinski definition) is 2. The molecule has 0 aliphatic heterocycles. The topological polar surface area (TPSA) is 41.5 Å². The van der Waals surface area contributed by atoms with E-state index in [4.69, 9.17) is 9.84 Å². The summed E-state index contributed by atoms with van der Waals surface area (Å²) < 4.78 is 5.62. The highest BCUT2D eigenvalue weighted by molar-refractivity contribution is 4.69. The number of rotatable bonds is 5. The van der Waals surface area contributed by atoms with Crippen molar-refractivity contribution in [3.8, 4) is 0 Å². The maximum absolute atomic E-state index is 8.86. The van der Waals surface area contributed by atoms with Gasteiger partial charge in [-0.2, -0.15) is 0 Å². The summed E-state index contributed by atoms with van der Waals surface area (Å²) in [6, 6.07) is 0.102. The minimum Gasteiger partial charge on any atom is -0.395 e. The van der Waals surface area contributed by atoms with E-state index in [2.05, 4.69) is 5.32 Å². The molecule has 0 amide bonds. The second-order valence-electron chi connectivity index (χ2n) is 3.41. The number of ether oxygens (including phenoxy) is 1. The average molecular weight is 173 g/mol. The number of hydrogen-bond acceptors (Lipinski definition) is 3. The second-order valence-corrected chi connectivity index (χ2v) is 3.41. The lowest BCUT2D eigenvalue weighted by atomic mass is 10.3. The van der Waals surface area contributed by atoms with Gasteiger partial charge in [0.15, 0.2) is 0 Å². The molecule has 12 heavy (non-hydrogen) atoms. The van der Waals surface area contributed by atoms with E-state index in [9.17, 15) is 0 Å². The number of nitrogens with one attached hydrogen (secondary N) is 1. The third kappa shape index (κ3) is 3.09. The molecule has 1 atom stereocenters. The molecule has 0 aromatic heterocycles. The third-order valence-electron chi connectivity index (χ3n) is 2.46. The predicted molar refractivity (Wildman–Crippen MR) is 48.1 cm³/mol. The molecule has 0 radical (unpaired) electrons. The average Bonchev–Trinajstić information content (AvgIpc) is 2.59. The van der Waals surface area contributed by atoms with Crippen LogP contribution >= 0.6 is 0 Å². The van der Waals surface area contributed by atoms with Gasteiger partial charge in [0.2, 0.25) is 0 Å². The molecule has 3 heteroatoms. The molecule has 1 fully saturated rings. The Hall–Kier alpha value is -0.120. The Morgan fingerprint density at radius 3 is 2.67 bits per heavy atom. The summed E-state index contributed by atoms with van der Waals surface area (Å²) in [4.78, 5) is 0. The minimum absolute atomic E-state index is 0.102. The summed E-state index contributed by atoms with van der Waals surface area (Å²) in [5.74, 6) is 0. The van der Waals surface area contributed by atoms with E-state index in [-0.39, 0.29) is 12.6 Å². The molecule has 2 N–H and O–H groups in total. The van der Waals surface area contributed by atoms with Crippen molar-refractivity contribution in [3.05, 3.63) is 0 Å². The van der Waals surface area contributed by atoms with Crippen molar-refractivity contribution in [3.63, 3.8) is 0 Å². The SMILES string of the molecule is CNC(CO)COC1CCCC1. The second kappa shape index (κ2) is 5.51. The Balaban J connectivity index is 2.06. The largest absolute Gasteiger partial charge is 0.395 e. The quantitative estimate of drug-likeness (QED) is 0.637. The van der Waals surface area contributed by atoms with Gasteiger partial charge in [0.1, 0.15) is 0 Å². The molecule has 0 saturated heterocycles. The van der Waals surface area contributed by atoms with Crippen LogP contribution < -0.4 is 5.32 Å². The van der Waals surface area contributed by atoms with Gasteiger partial charge in [0.25, 0.3) is 0 Å². The van der Waals surface area contributed by atoms with Gasteiger partial charge < -0.3 is 15.2 Å². The van der Waals surface area contributed by atoms with E-state index >= 15 is 0 Å². The molecule has 1 aliphatic rings. The Labute approximate surface area is 74.1 Å². The zero-order chi connectivity index (χ0) is 8.81. The molecule has 0 spiro atoms. The van der Waals surface area contributed by atoms with Gasteiger partial charge in [-0.3, -0.25) is 0 Å². The first-order valence-corrected chi connectivity index (χ1v) is 4.76. The lowest BCUT2D eigenvalue weighted by Gasteiger charge is -2.16. The van der Waals surface area contributed by atoms with E-state index in [1.165, 1.54) is 25.7 Å². The van der Waals surface area contributed by atoms with Crippen molar-refractivity contribution in [1.82, 2.24) is 5.32 Å². The van der Waals surface area contributed by atoms with Gasteiger partial charge in [-0.1, -0.05) is 12.8 Å². The molecule has 1 unspecified atom stereocenters. The van der Waals surface area contributed by atoms with E-state index in [1.807, 2.05) is 7.05 Å². The summed E-state index contributed by atoms with van der Waals surface area (Å²) in [5.41, 5.74) is 0. The van der Waals surface area contributed by atoms with Gasteiger partial charge in [0.05, 0.1) is 25.4 Å². The molecular formula is C9H19NO2. The Morgan fingerprint density at radius 2 is 2.17 bits per heavy atom. The summed E-state index contributed by atoms with van der Waals surface area (Å²) in [6.07, 6.45) is 5.44. The van der Waals surface area contributed by atoms with Crippen LogP contribution in [0.2, 0.25) is 0 Å². The summed E-state index contributed by atoms with van der Waals surface area (Å²) in [6.45, 7) is 0.793. The van der Waals surface area contributed by atoms with Crippen molar-refractivity contribution in [2.45, 2.75) is 37.8 Å². The molecular weight excluding hydrogens is 154 g/mol. The first-order chi connectivity index (χ1) is 5.86. The van der Waals surface area contributed by atoms with Crippen LogP contribution in [0.25, 0.3) is 0 Å². The predicted octanol–water partition coefficient (Wildman–Crippen LogP) is 0.526. The number of likely N-dealkylation sites (N-methyl/N-ethyl adjacent to an activating group) is 1. The zero-order valence-corrected chi connectivity index (χ0v) is 7.75. The van der Waals surface area contributed by atoms with Gasteiger partial charge in [-0.15, -0.1) is 0 Å². The van der Waals surface area contributed by atoms with Crippen molar-refractivity contribution in [2.24, 2.45) is 0 Å². The fourth-order valence-electron chi connectivity index (χ4n) is 1.53. The summed E-state index contributed by atoms with van der Waals surface area (Å²) in [7, 11) is 1.85. The smallest absolute Gasteiger partial charge is 0.0645 e. The Bertz CT molecular complexity index is 107. The molecule has 0 aromatic carbocycles. The van der Waals surface area contributed by atoms with Crippen LogP contribution in [0.3, 0.4) is 0 Å². The summed E-state index contributed by atoms with van der Waals surface area (Å²) in [5, 5.41) is 11.9. The van der Waals surface area contributed by atoms with E-state index in [0.29, 0.717) is 12.7 Å². The highest BCUT2D eigenvalue weighted by atomic mass is 16.5. The van der Waals surface area contributed by atoms with E-state index in [1.54, 1.807) is 0 Å². The highest BCUT2D eigenvalue weighted by Gasteiger charge is 2.16. The van der Waals surface area contributed by atoms with Crippen LogP contribution in [0, 0.1) is 0 Å². The number of aliphatic hydroxyl groups excluding tert-OH is 1. The molecule has 1 rings (SSSR count). The van der Waals surface area contributed by atoms with Crippen LogP contribution in [-0.2, 0) is 4.74 Å². The van der Waals surface area contributed by atoms with Crippen molar-refractivity contribution < 1.29 is 9.84 Å². The monoisotopic (exact) mass is 173 g/mol. The fraction of sp³-hybridized carbons (Fsp3) is 1.00. The summed E-state index contributed by atoms with van der Waals surface area (Å²) >= 11 is 0. The Morgan fingerprint density at radius 1 is 1.50 bits per heavy atom. The van der Waals surface area contributed by atoms with Crippen LogP contribution in [0.1, 0.15) is 25.7 Å². The Kier molecular flexibility index (Phi) is 4.58. The van der Waals surface area contributed by atoms with Gasteiger partial charge in [-0.25, -0.2) is 0 Å². The normalized spacial score (nSPS) is 21.5. The van der Waals surface area contributed by atoms with Crippen LogP contribution in [0.5, 0.6) is 0 Å². The van der Waals surface area contributed by atoms with Crippen LogP contribution in [0.4, 0.5) is 0 Å². The van der Waals surface area contributed by atoms with Gasteiger partial charge >= 0.3 is 0 Å². The maximum atomic E-state index is 8.86. The molecule has 1 aliphatic carbocycles. The standard InChI is InChI=1S/C9H19NO2/c1-10-8(6-11)7-12-9-4-2-3-5-9/h8-11H,2-7H2,1H3. The lowest BCUT2D eigenvalue weighted by molar-refractivity contribution is 0.0328. The minimum atomic E-state index is 0.102. The molecule has 72 valence electrons. The molecule has 3 nitrogen and oxygen atoms in total. The third-order valence-corrected chi connectivity index (χ3v) is 2.46. The van der Waals surface area contributed by atoms with Crippen molar-refractivity contribution in [2.75, 3.05) is 20.3 Å². The van der Waals surface area contributed by atoms with Crippen molar-refractivity contribution in [1.29, 1.82) is 0 Å². The first-order valence-electron chi connectivity index (χ1n) is 4.76.